The molecule has 0 spiro atoms. The van der Waals surface area contributed by atoms with Gasteiger partial charge in [0.2, 0.25) is 0 Å². The Morgan fingerprint density at radius 2 is 1.84 bits per heavy atom. The number of Topliss-reactive ketones (excluding diaryl/α,β-unsaturated/α-hetero) is 1. The molecule has 1 N–H and O–H groups in total. The quantitative estimate of drug-likeness (QED) is 0.291. The monoisotopic (exact) mass is 427 g/mol. The lowest BCUT2D eigenvalue weighted by molar-refractivity contribution is -0.139. The number of unbranched alkanes of at least 4 members (excludes halogenated alkanes) is 2. The summed E-state index contributed by atoms with van der Waals surface area (Å²) in [6, 6.07) is 9.67. The van der Waals surface area contributed by atoms with Crippen LogP contribution in [-0.2, 0) is 9.59 Å². The lowest BCUT2D eigenvalue weighted by Gasteiger charge is -2.25. The van der Waals surface area contributed by atoms with Crippen LogP contribution >= 0.6 is 0 Å². The van der Waals surface area contributed by atoms with Crippen LogP contribution in [0.2, 0.25) is 0 Å². The van der Waals surface area contributed by atoms with Crippen molar-refractivity contribution in [1.29, 1.82) is 0 Å². The largest absolute Gasteiger partial charge is 0.507 e. The molecule has 1 atom stereocenters. The minimum absolute atomic E-state index is 0.154. The molecular weight excluding hydrogens is 401 g/mol. The summed E-state index contributed by atoms with van der Waals surface area (Å²) in [6.07, 6.45) is 2.45. The molecule has 0 aliphatic carbocycles. The molecule has 7 heteroatoms. The highest BCUT2D eigenvalue weighted by Crippen LogP contribution is 2.42. The molecule has 0 bridgehead atoms. The smallest absolute Gasteiger partial charge is 0.295 e. The zero-order valence-corrected chi connectivity index (χ0v) is 17.9. The number of methoxy groups -OCH3 is 2. The number of carbonyl (C=O) groups is 2. The average molecular weight is 427 g/mol. The van der Waals surface area contributed by atoms with Crippen molar-refractivity contribution in [2.24, 2.45) is 0 Å². The van der Waals surface area contributed by atoms with Crippen molar-refractivity contribution in [2.75, 3.05) is 20.8 Å². The van der Waals surface area contributed by atoms with E-state index < -0.39 is 29.3 Å². The Morgan fingerprint density at radius 3 is 2.48 bits per heavy atom. The molecule has 1 saturated heterocycles. The maximum Gasteiger partial charge on any atom is 0.295 e. The van der Waals surface area contributed by atoms with Crippen molar-refractivity contribution >= 4 is 17.4 Å². The molecule has 1 aliphatic rings. The van der Waals surface area contributed by atoms with E-state index in [4.69, 9.17) is 9.47 Å². The number of aliphatic hydroxyl groups excluding tert-OH is 1. The van der Waals surface area contributed by atoms with Gasteiger partial charge in [-0.1, -0.05) is 38.0 Å². The molecule has 1 amide bonds. The first-order valence-electron chi connectivity index (χ1n) is 10.2. The highest BCUT2D eigenvalue weighted by atomic mass is 19.1. The molecule has 2 aromatic rings. The molecule has 0 radical (unpaired) electrons. The second-order valence-corrected chi connectivity index (χ2v) is 7.29. The Morgan fingerprint density at radius 1 is 1.10 bits per heavy atom. The van der Waals surface area contributed by atoms with Crippen LogP contribution in [0.4, 0.5) is 4.39 Å². The Hall–Kier alpha value is -3.35. The zero-order chi connectivity index (χ0) is 22.5. The van der Waals surface area contributed by atoms with E-state index in [9.17, 15) is 19.1 Å². The Kier molecular flexibility index (Phi) is 6.95. The number of hydrogen-bond acceptors (Lipinski definition) is 5. The van der Waals surface area contributed by atoms with Crippen molar-refractivity contribution in [3.05, 3.63) is 65.0 Å². The first kappa shape index (κ1) is 22.3. The van der Waals surface area contributed by atoms with Crippen LogP contribution < -0.4 is 9.47 Å². The van der Waals surface area contributed by atoms with Crippen molar-refractivity contribution in [3.8, 4) is 11.5 Å². The van der Waals surface area contributed by atoms with Gasteiger partial charge in [-0.25, -0.2) is 4.39 Å². The minimum Gasteiger partial charge on any atom is -0.507 e. The molecule has 1 aliphatic heterocycles. The lowest BCUT2D eigenvalue weighted by atomic mass is 9.94. The van der Waals surface area contributed by atoms with Crippen molar-refractivity contribution in [1.82, 2.24) is 4.90 Å². The Labute approximate surface area is 180 Å². The molecule has 6 nitrogen and oxygen atoms in total. The second kappa shape index (κ2) is 9.64. The van der Waals surface area contributed by atoms with Crippen LogP contribution in [0.3, 0.4) is 0 Å². The van der Waals surface area contributed by atoms with E-state index in [-0.39, 0.29) is 23.2 Å². The van der Waals surface area contributed by atoms with Gasteiger partial charge >= 0.3 is 0 Å². The number of likely N-dealkylation sites (tertiary alicyclic amines) is 1. The zero-order valence-electron chi connectivity index (χ0n) is 17.9. The van der Waals surface area contributed by atoms with Crippen LogP contribution in [0.1, 0.15) is 43.4 Å². The van der Waals surface area contributed by atoms with Gasteiger partial charge in [-0.2, -0.15) is 0 Å². The third-order valence-electron chi connectivity index (χ3n) is 5.40. The third kappa shape index (κ3) is 4.26. The molecule has 3 rings (SSSR count). The van der Waals surface area contributed by atoms with Gasteiger partial charge in [0.05, 0.1) is 31.4 Å². The number of hydrogen-bond donors (Lipinski definition) is 1. The molecule has 2 aromatic carbocycles. The van der Waals surface area contributed by atoms with Crippen LogP contribution in [0.15, 0.2) is 48.0 Å². The van der Waals surface area contributed by atoms with Gasteiger partial charge in [0.15, 0.2) is 0 Å². The summed E-state index contributed by atoms with van der Waals surface area (Å²) in [5.41, 5.74) is 0.175. The van der Waals surface area contributed by atoms with Crippen LogP contribution in [0, 0.1) is 5.82 Å². The summed E-state index contributed by atoms with van der Waals surface area (Å²) in [6.45, 7) is 2.31. The molecule has 1 unspecified atom stereocenters. The molecule has 31 heavy (non-hydrogen) atoms. The summed E-state index contributed by atoms with van der Waals surface area (Å²) >= 11 is 0. The molecule has 0 aromatic heterocycles. The molecule has 1 heterocycles. The predicted octanol–water partition coefficient (Wildman–Crippen LogP) is 4.45. The summed E-state index contributed by atoms with van der Waals surface area (Å²) in [5, 5.41) is 11.2. The molecule has 164 valence electrons. The predicted molar refractivity (Wildman–Crippen MR) is 114 cm³/mol. The van der Waals surface area contributed by atoms with E-state index in [2.05, 4.69) is 0 Å². The van der Waals surface area contributed by atoms with Gasteiger partial charge < -0.3 is 19.5 Å². The summed E-state index contributed by atoms with van der Waals surface area (Å²) in [4.78, 5) is 27.2. The number of rotatable bonds is 8. The first-order valence-corrected chi connectivity index (χ1v) is 10.2. The molecule has 0 saturated carbocycles. The van der Waals surface area contributed by atoms with Gasteiger partial charge in [0, 0.05) is 12.1 Å². The SMILES string of the molecule is CCCCCN1C(=O)C(=O)/C(=C(/O)c2cc(OC)ccc2OC)C1c1ccccc1F. The number of aliphatic hydroxyl groups is 1. The van der Waals surface area contributed by atoms with Gasteiger partial charge in [0.1, 0.15) is 23.1 Å². The lowest BCUT2D eigenvalue weighted by Crippen LogP contribution is -2.31. The van der Waals surface area contributed by atoms with Gasteiger partial charge in [-0.05, 0) is 30.7 Å². The number of benzene rings is 2. The highest BCUT2D eigenvalue weighted by molar-refractivity contribution is 6.46. The first-order chi connectivity index (χ1) is 14.9. The topological polar surface area (TPSA) is 76.1 Å². The molecular formula is C24H26FNO5. The maximum absolute atomic E-state index is 14.8. The summed E-state index contributed by atoms with van der Waals surface area (Å²) < 4.78 is 25.3. The third-order valence-corrected chi connectivity index (χ3v) is 5.40. The van der Waals surface area contributed by atoms with E-state index in [1.165, 1.54) is 43.4 Å². The summed E-state index contributed by atoms with van der Waals surface area (Å²) in [7, 11) is 2.90. The van der Waals surface area contributed by atoms with Crippen LogP contribution in [-0.4, -0.2) is 42.5 Å². The van der Waals surface area contributed by atoms with E-state index in [0.29, 0.717) is 17.9 Å². The second-order valence-electron chi connectivity index (χ2n) is 7.29. The number of ether oxygens (including phenoxy) is 2. The van der Waals surface area contributed by atoms with Gasteiger partial charge in [0.25, 0.3) is 11.7 Å². The fourth-order valence-electron chi connectivity index (χ4n) is 3.81. The maximum atomic E-state index is 14.8. The Balaban J connectivity index is 2.21. The average Bonchev–Trinajstić information content (AvgIpc) is 3.03. The van der Waals surface area contributed by atoms with E-state index >= 15 is 0 Å². The van der Waals surface area contributed by atoms with Crippen LogP contribution in [0.5, 0.6) is 11.5 Å². The highest BCUT2D eigenvalue weighted by Gasteiger charge is 2.46. The molecule has 1 fully saturated rings. The normalized spacial score (nSPS) is 17.8. The van der Waals surface area contributed by atoms with Crippen molar-refractivity contribution in [3.63, 3.8) is 0 Å². The number of amides is 1. The van der Waals surface area contributed by atoms with Crippen molar-refractivity contribution < 1.29 is 28.6 Å². The number of ketones is 1. The van der Waals surface area contributed by atoms with E-state index in [1.54, 1.807) is 18.2 Å². The minimum atomic E-state index is -1.03. The van der Waals surface area contributed by atoms with Crippen molar-refractivity contribution in [2.45, 2.75) is 32.2 Å². The number of nitrogens with zero attached hydrogens (tertiary/aromatic N) is 1. The van der Waals surface area contributed by atoms with Crippen LogP contribution in [0.25, 0.3) is 5.76 Å². The standard InChI is InChI=1S/C24H26FNO5/c1-4-5-8-13-26-21(16-9-6-7-10-18(16)25)20(23(28)24(26)29)22(27)17-14-15(30-2)11-12-19(17)31-3/h6-7,9-12,14,21,27H,4-5,8,13H2,1-3H3/b22-20+. The summed E-state index contributed by atoms with van der Waals surface area (Å²) in [5.74, 6) is -1.87. The van der Waals surface area contributed by atoms with Gasteiger partial charge in [-0.3, -0.25) is 9.59 Å². The Bertz CT molecular complexity index is 1020. The fraction of sp³-hybridized carbons (Fsp3) is 0.333. The number of halogens is 1. The fourth-order valence-corrected chi connectivity index (χ4v) is 3.81. The van der Waals surface area contributed by atoms with E-state index in [0.717, 1.165) is 12.8 Å². The number of carbonyl (C=O) groups excluding carboxylic acids is 2. The van der Waals surface area contributed by atoms with E-state index in [1.807, 2.05) is 6.92 Å². The van der Waals surface area contributed by atoms with Gasteiger partial charge in [-0.15, -0.1) is 0 Å².